The third-order valence-corrected chi connectivity index (χ3v) is 4.09. The third kappa shape index (κ3) is 6.76. The van der Waals surface area contributed by atoms with Crippen LogP contribution in [0.1, 0.15) is 19.8 Å². The van der Waals surface area contributed by atoms with E-state index < -0.39 is 27.9 Å². The molecule has 9 heteroatoms. The first-order chi connectivity index (χ1) is 9.69. The fourth-order valence-electron chi connectivity index (χ4n) is 2.01. The van der Waals surface area contributed by atoms with Crippen molar-refractivity contribution in [1.82, 2.24) is 10.2 Å². The lowest BCUT2D eigenvalue weighted by Crippen LogP contribution is -2.49. The summed E-state index contributed by atoms with van der Waals surface area (Å²) in [4.78, 5) is 24.7. The Labute approximate surface area is 124 Å². The average Bonchev–Trinajstić information content (AvgIpc) is 2.57. The average molecular weight is 322 g/mol. The van der Waals surface area contributed by atoms with Crippen molar-refractivity contribution in [3.63, 3.8) is 0 Å². The number of aliphatic carboxylic acids is 1. The van der Waals surface area contributed by atoms with Crippen LogP contribution in [0.5, 0.6) is 0 Å². The summed E-state index contributed by atoms with van der Waals surface area (Å²) < 4.78 is 27.6. The molecule has 1 saturated heterocycles. The standard InChI is InChI=1S/C12H22N2O6S/c1-9-8-14(5-3-6-20-9)12(17)13-10(11(15)16)4-7-21(2,18)19/h9-10H,3-8H2,1-2H3,(H,13,17)(H,15,16). The van der Waals surface area contributed by atoms with E-state index in [-0.39, 0.29) is 18.3 Å². The van der Waals surface area contributed by atoms with Crippen LogP contribution >= 0.6 is 0 Å². The van der Waals surface area contributed by atoms with Crippen LogP contribution < -0.4 is 5.32 Å². The molecular formula is C12H22N2O6S. The Kier molecular flexibility index (Phi) is 6.41. The molecule has 122 valence electrons. The molecular weight excluding hydrogens is 300 g/mol. The lowest BCUT2D eigenvalue weighted by atomic mass is 10.2. The number of hydrogen-bond donors (Lipinski definition) is 2. The molecule has 21 heavy (non-hydrogen) atoms. The van der Waals surface area contributed by atoms with Crippen molar-refractivity contribution >= 4 is 21.8 Å². The molecule has 2 amide bonds. The summed E-state index contributed by atoms with van der Waals surface area (Å²) in [5, 5.41) is 11.4. The summed E-state index contributed by atoms with van der Waals surface area (Å²) in [5.41, 5.74) is 0. The van der Waals surface area contributed by atoms with E-state index in [0.29, 0.717) is 26.1 Å². The number of nitrogens with zero attached hydrogens (tertiary/aromatic N) is 1. The Morgan fingerprint density at radius 2 is 2.14 bits per heavy atom. The summed E-state index contributed by atoms with van der Waals surface area (Å²) in [6.45, 7) is 3.25. The fourth-order valence-corrected chi connectivity index (χ4v) is 2.67. The van der Waals surface area contributed by atoms with E-state index in [1.807, 2.05) is 6.92 Å². The monoisotopic (exact) mass is 322 g/mol. The van der Waals surface area contributed by atoms with Gasteiger partial charge in [0.2, 0.25) is 0 Å². The summed E-state index contributed by atoms with van der Waals surface area (Å²) in [6.07, 6.45) is 1.44. The number of sulfone groups is 1. The molecule has 0 aliphatic carbocycles. The highest BCUT2D eigenvalue weighted by Gasteiger charge is 2.26. The molecule has 0 bridgehead atoms. The van der Waals surface area contributed by atoms with Crippen LogP contribution in [0.3, 0.4) is 0 Å². The van der Waals surface area contributed by atoms with Gasteiger partial charge in [0.15, 0.2) is 0 Å². The molecule has 8 nitrogen and oxygen atoms in total. The number of carboxylic acids is 1. The van der Waals surface area contributed by atoms with Crippen molar-refractivity contribution in [1.29, 1.82) is 0 Å². The Balaban J connectivity index is 2.61. The molecule has 2 unspecified atom stereocenters. The SMILES string of the molecule is CC1CN(C(=O)NC(CCS(C)(=O)=O)C(=O)O)CCCO1. The van der Waals surface area contributed by atoms with Crippen molar-refractivity contribution < 1.29 is 27.9 Å². The molecule has 2 N–H and O–H groups in total. The van der Waals surface area contributed by atoms with Gasteiger partial charge in [-0.2, -0.15) is 0 Å². The van der Waals surface area contributed by atoms with Crippen LogP contribution in [0, 0.1) is 0 Å². The van der Waals surface area contributed by atoms with E-state index >= 15 is 0 Å². The van der Waals surface area contributed by atoms with Gasteiger partial charge < -0.3 is 20.1 Å². The number of carbonyl (C=O) groups excluding carboxylic acids is 1. The molecule has 1 rings (SSSR count). The first-order valence-electron chi connectivity index (χ1n) is 6.76. The zero-order valence-corrected chi connectivity index (χ0v) is 13.1. The van der Waals surface area contributed by atoms with Crippen LogP contribution in [0.4, 0.5) is 4.79 Å². The molecule has 0 spiro atoms. The number of ether oxygens (including phenoxy) is 1. The Bertz CT molecular complexity index is 478. The zero-order chi connectivity index (χ0) is 16.0. The largest absolute Gasteiger partial charge is 0.480 e. The van der Waals surface area contributed by atoms with E-state index in [0.717, 1.165) is 6.26 Å². The number of carboxylic acid groups (broad SMARTS) is 1. The highest BCUT2D eigenvalue weighted by molar-refractivity contribution is 7.90. The number of carbonyl (C=O) groups is 2. The van der Waals surface area contributed by atoms with Crippen molar-refractivity contribution in [3.8, 4) is 0 Å². The molecule has 1 heterocycles. The fraction of sp³-hybridized carbons (Fsp3) is 0.833. The summed E-state index contributed by atoms with van der Waals surface area (Å²) in [6, 6.07) is -1.72. The molecule has 0 radical (unpaired) electrons. The minimum absolute atomic E-state index is 0.113. The minimum Gasteiger partial charge on any atom is -0.480 e. The van der Waals surface area contributed by atoms with Crippen LogP contribution in [0.15, 0.2) is 0 Å². The van der Waals surface area contributed by atoms with E-state index in [1.165, 1.54) is 4.90 Å². The first-order valence-corrected chi connectivity index (χ1v) is 8.82. The van der Waals surface area contributed by atoms with Gasteiger partial charge in [-0.15, -0.1) is 0 Å². The van der Waals surface area contributed by atoms with Crippen molar-refractivity contribution in [2.45, 2.75) is 31.9 Å². The number of rotatable bonds is 5. The zero-order valence-electron chi connectivity index (χ0n) is 12.2. The molecule has 0 aromatic heterocycles. The van der Waals surface area contributed by atoms with Gasteiger partial charge in [0.25, 0.3) is 0 Å². The predicted molar refractivity (Wildman–Crippen MR) is 75.9 cm³/mol. The lowest BCUT2D eigenvalue weighted by Gasteiger charge is -2.24. The van der Waals surface area contributed by atoms with Gasteiger partial charge in [-0.25, -0.2) is 18.0 Å². The number of urea groups is 1. The number of nitrogens with one attached hydrogen (secondary N) is 1. The highest BCUT2D eigenvalue weighted by atomic mass is 32.2. The molecule has 2 atom stereocenters. The third-order valence-electron chi connectivity index (χ3n) is 3.11. The van der Waals surface area contributed by atoms with E-state index in [4.69, 9.17) is 9.84 Å². The van der Waals surface area contributed by atoms with Gasteiger partial charge >= 0.3 is 12.0 Å². The second-order valence-electron chi connectivity index (χ2n) is 5.24. The van der Waals surface area contributed by atoms with Crippen LogP contribution in [-0.2, 0) is 19.4 Å². The quantitative estimate of drug-likeness (QED) is 0.718. The molecule has 0 aromatic rings. The predicted octanol–water partition coefficient (Wildman–Crippen LogP) is -0.305. The van der Waals surface area contributed by atoms with Gasteiger partial charge in [-0.05, 0) is 19.8 Å². The van der Waals surface area contributed by atoms with Crippen molar-refractivity contribution in [2.24, 2.45) is 0 Å². The van der Waals surface area contributed by atoms with Gasteiger partial charge in [0.1, 0.15) is 15.9 Å². The van der Waals surface area contributed by atoms with Gasteiger partial charge in [0.05, 0.1) is 11.9 Å². The number of hydrogen-bond acceptors (Lipinski definition) is 5. The lowest BCUT2D eigenvalue weighted by molar-refractivity contribution is -0.139. The van der Waals surface area contributed by atoms with E-state index in [2.05, 4.69) is 5.32 Å². The normalized spacial score (nSPS) is 21.4. The topological polar surface area (TPSA) is 113 Å². The van der Waals surface area contributed by atoms with E-state index in [1.54, 1.807) is 0 Å². The maximum atomic E-state index is 12.1. The van der Waals surface area contributed by atoms with Crippen LogP contribution in [-0.4, -0.2) is 74.3 Å². The Morgan fingerprint density at radius 1 is 1.48 bits per heavy atom. The Morgan fingerprint density at radius 3 is 2.71 bits per heavy atom. The van der Waals surface area contributed by atoms with Crippen LogP contribution in [0.25, 0.3) is 0 Å². The van der Waals surface area contributed by atoms with E-state index in [9.17, 15) is 18.0 Å². The molecule has 1 fully saturated rings. The second kappa shape index (κ2) is 7.60. The van der Waals surface area contributed by atoms with Crippen molar-refractivity contribution in [3.05, 3.63) is 0 Å². The Hall–Kier alpha value is -1.35. The molecule has 1 aliphatic heterocycles. The van der Waals surface area contributed by atoms with Gasteiger partial charge in [-0.3, -0.25) is 0 Å². The molecule has 1 aliphatic rings. The van der Waals surface area contributed by atoms with Crippen LogP contribution in [0.2, 0.25) is 0 Å². The second-order valence-corrected chi connectivity index (χ2v) is 7.50. The van der Waals surface area contributed by atoms with Crippen molar-refractivity contribution in [2.75, 3.05) is 31.7 Å². The summed E-state index contributed by atoms with van der Waals surface area (Å²) in [7, 11) is -3.28. The maximum absolute atomic E-state index is 12.1. The maximum Gasteiger partial charge on any atom is 0.326 e. The first kappa shape index (κ1) is 17.7. The summed E-state index contributed by atoms with van der Waals surface area (Å²) >= 11 is 0. The molecule has 0 aromatic carbocycles. The minimum atomic E-state index is -3.28. The summed E-state index contributed by atoms with van der Waals surface area (Å²) in [5.74, 6) is -1.53. The van der Waals surface area contributed by atoms with Gasteiger partial charge in [0, 0.05) is 26.0 Å². The highest BCUT2D eigenvalue weighted by Crippen LogP contribution is 2.06. The molecule has 0 saturated carbocycles. The van der Waals surface area contributed by atoms with Gasteiger partial charge in [-0.1, -0.05) is 0 Å². The smallest absolute Gasteiger partial charge is 0.326 e. The number of amides is 2.